The molecule has 88 valence electrons. The molecule has 1 aromatic rings. The summed E-state index contributed by atoms with van der Waals surface area (Å²) in [5.74, 6) is 0.828. The minimum Gasteiger partial charge on any atom is -0.374 e. The van der Waals surface area contributed by atoms with E-state index in [2.05, 4.69) is 29.3 Å². The summed E-state index contributed by atoms with van der Waals surface area (Å²) in [7, 11) is 0. The predicted molar refractivity (Wildman–Crippen MR) is 66.7 cm³/mol. The van der Waals surface area contributed by atoms with Gasteiger partial charge in [0.1, 0.15) is 0 Å². The molecule has 3 rings (SSSR count). The Morgan fingerprint density at radius 3 is 3.31 bits per heavy atom. The van der Waals surface area contributed by atoms with Crippen molar-refractivity contribution in [3.8, 4) is 0 Å². The van der Waals surface area contributed by atoms with Crippen LogP contribution in [0.25, 0.3) is 0 Å². The maximum absolute atomic E-state index is 5.98. The molecule has 0 N–H and O–H groups in total. The number of piperidine rings is 1. The molecule has 3 atom stereocenters. The van der Waals surface area contributed by atoms with Crippen molar-refractivity contribution in [1.29, 1.82) is 0 Å². The van der Waals surface area contributed by atoms with E-state index in [-0.39, 0.29) is 0 Å². The van der Waals surface area contributed by atoms with Gasteiger partial charge in [0.15, 0.2) is 0 Å². The molecule has 0 aliphatic carbocycles. The van der Waals surface area contributed by atoms with Gasteiger partial charge in [-0.1, -0.05) is 6.07 Å². The molecule has 2 aliphatic rings. The Morgan fingerprint density at radius 1 is 1.56 bits per heavy atom. The Morgan fingerprint density at radius 2 is 2.50 bits per heavy atom. The average molecular weight is 237 g/mol. The zero-order valence-corrected chi connectivity index (χ0v) is 10.6. The lowest BCUT2D eigenvalue weighted by molar-refractivity contribution is -0.00251. The van der Waals surface area contributed by atoms with E-state index in [1.54, 1.807) is 0 Å². The number of rotatable bonds is 2. The summed E-state index contributed by atoms with van der Waals surface area (Å²) in [6.07, 6.45) is 3.58. The van der Waals surface area contributed by atoms with Crippen LogP contribution in [0.1, 0.15) is 24.6 Å². The molecule has 0 aromatic carbocycles. The largest absolute Gasteiger partial charge is 0.374 e. The molecule has 2 saturated heterocycles. The molecular formula is C13H19NOS. The van der Waals surface area contributed by atoms with Crippen LogP contribution < -0.4 is 0 Å². The number of fused-ring (bicyclic) bond motifs is 1. The Hall–Kier alpha value is -0.380. The van der Waals surface area contributed by atoms with Crippen LogP contribution in [0.15, 0.2) is 17.5 Å². The number of thiophene rings is 1. The lowest BCUT2D eigenvalue weighted by Gasteiger charge is -2.33. The SMILES string of the molecule is C[C@@H]1C[C@H]2CCN(Cc3cccs3)C[C@@H]2O1. The lowest BCUT2D eigenvalue weighted by Crippen LogP contribution is -2.41. The molecule has 16 heavy (non-hydrogen) atoms. The first-order valence-electron chi connectivity index (χ1n) is 6.21. The highest BCUT2D eigenvalue weighted by atomic mass is 32.1. The molecule has 0 spiro atoms. The zero-order chi connectivity index (χ0) is 11.0. The lowest BCUT2D eigenvalue weighted by atomic mass is 9.92. The van der Waals surface area contributed by atoms with E-state index < -0.39 is 0 Å². The normalized spacial score (nSPS) is 35.2. The molecule has 2 nitrogen and oxygen atoms in total. The van der Waals surface area contributed by atoms with Crippen molar-refractivity contribution in [1.82, 2.24) is 4.90 Å². The van der Waals surface area contributed by atoms with Gasteiger partial charge in [0.05, 0.1) is 12.2 Å². The molecule has 2 aliphatic heterocycles. The highest BCUT2D eigenvalue weighted by Crippen LogP contribution is 2.33. The molecule has 0 unspecified atom stereocenters. The Kier molecular flexibility index (Phi) is 3.01. The van der Waals surface area contributed by atoms with Crippen LogP contribution in [0.3, 0.4) is 0 Å². The van der Waals surface area contributed by atoms with E-state index in [4.69, 9.17) is 4.74 Å². The van der Waals surface area contributed by atoms with Crippen LogP contribution in [0.5, 0.6) is 0 Å². The van der Waals surface area contributed by atoms with Crippen LogP contribution >= 0.6 is 11.3 Å². The van der Waals surface area contributed by atoms with Crippen molar-refractivity contribution < 1.29 is 4.74 Å². The number of ether oxygens (including phenoxy) is 1. The first kappa shape index (κ1) is 10.8. The fourth-order valence-electron chi connectivity index (χ4n) is 3.00. The van der Waals surface area contributed by atoms with Crippen molar-refractivity contribution in [2.24, 2.45) is 5.92 Å². The summed E-state index contributed by atoms with van der Waals surface area (Å²) in [6.45, 7) is 5.70. The molecule has 0 radical (unpaired) electrons. The van der Waals surface area contributed by atoms with Gasteiger partial charge < -0.3 is 4.74 Å². The maximum Gasteiger partial charge on any atom is 0.0735 e. The smallest absolute Gasteiger partial charge is 0.0735 e. The van der Waals surface area contributed by atoms with Crippen molar-refractivity contribution >= 4 is 11.3 Å². The third kappa shape index (κ3) is 2.17. The quantitative estimate of drug-likeness (QED) is 0.784. The highest BCUT2D eigenvalue weighted by molar-refractivity contribution is 7.09. The minimum absolute atomic E-state index is 0.483. The molecule has 0 amide bonds. The fourth-order valence-corrected chi connectivity index (χ4v) is 3.75. The van der Waals surface area contributed by atoms with Crippen LogP contribution in [0, 0.1) is 5.92 Å². The Labute approximate surface area is 101 Å². The second kappa shape index (κ2) is 4.47. The Balaban J connectivity index is 1.59. The maximum atomic E-state index is 5.98. The van der Waals surface area contributed by atoms with Crippen molar-refractivity contribution in [2.45, 2.75) is 38.5 Å². The molecule has 1 aromatic heterocycles. The molecule has 3 heterocycles. The minimum atomic E-state index is 0.483. The topological polar surface area (TPSA) is 12.5 Å². The number of nitrogens with zero attached hydrogens (tertiary/aromatic N) is 1. The van der Waals surface area contributed by atoms with Crippen molar-refractivity contribution in [3.63, 3.8) is 0 Å². The first-order valence-corrected chi connectivity index (χ1v) is 7.09. The Bertz CT molecular complexity index is 338. The van der Waals surface area contributed by atoms with E-state index in [9.17, 15) is 0 Å². The van der Waals surface area contributed by atoms with Gasteiger partial charge in [0, 0.05) is 18.0 Å². The summed E-state index contributed by atoms with van der Waals surface area (Å²) >= 11 is 1.86. The first-order chi connectivity index (χ1) is 7.81. The average Bonchev–Trinajstić information content (AvgIpc) is 2.85. The van der Waals surface area contributed by atoms with Gasteiger partial charge in [-0.2, -0.15) is 0 Å². The third-order valence-electron chi connectivity index (χ3n) is 3.78. The van der Waals surface area contributed by atoms with Gasteiger partial charge in [0.2, 0.25) is 0 Å². The molecule has 2 fully saturated rings. The van der Waals surface area contributed by atoms with Crippen LogP contribution in [0.4, 0.5) is 0 Å². The van der Waals surface area contributed by atoms with Gasteiger partial charge in [-0.25, -0.2) is 0 Å². The van der Waals surface area contributed by atoms with Crippen LogP contribution in [0.2, 0.25) is 0 Å². The standard InChI is InChI=1S/C13H19NOS/c1-10-7-11-4-5-14(9-13(11)15-10)8-12-3-2-6-16-12/h2-3,6,10-11,13H,4-5,7-9H2,1H3/t10-,11-,13+/m1/s1. The van der Waals surface area contributed by atoms with E-state index in [1.807, 2.05) is 11.3 Å². The monoisotopic (exact) mass is 237 g/mol. The molecule has 0 saturated carbocycles. The molecular weight excluding hydrogens is 218 g/mol. The highest BCUT2D eigenvalue weighted by Gasteiger charge is 2.37. The summed E-state index contributed by atoms with van der Waals surface area (Å²) in [6, 6.07) is 4.37. The van der Waals surface area contributed by atoms with Gasteiger partial charge in [-0.15, -0.1) is 11.3 Å². The van der Waals surface area contributed by atoms with Crippen molar-refractivity contribution in [3.05, 3.63) is 22.4 Å². The molecule has 0 bridgehead atoms. The van der Waals surface area contributed by atoms with Gasteiger partial charge in [0.25, 0.3) is 0 Å². The molecule has 3 heteroatoms. The second-order valence-corrected chi connectivity index (χ2v) is 6.12. The fraction of sp³-hybridized carbons (Fsp3) is 0.692. The number of likely N-dealkylation sites (tertiary alicyclic amines) is 1. The second-order valence-electron chi connectivity index (χ2n) is 5.08. The van der Waals surface area contributed by atoms with Gasteiger partial charge in [-0.3, -0.25) is 4.90 Å². The van der Waals surface area contributed by atoms with Crippen LogP contribution in [-0.2, 0) is 11.3 Å². The van der Waals surface area contributed by atoms with E-state index in [0.717, 1.165) is 19.0 Å². The van der Waals surface area contributed by atoms with Crippen molar-refractivity contribution in [2.75, 3.05) is 13.1 Å². The number of hydrogen-bond donors (Lipinski definition) is 0. The summed E-state index contributed by atoms with van der Waals surface area (Å²) in [5.41, 5.74) is 0. The predicted octanol–water partition coefficient (Wildman–Crippen LogP) is 2.75. The summed E-state index contributed by atoms with van der Waals surface area (Å²) in [5, 5.41) is 2.16. The summed E-state index contributed by atoms with van der Waals surface area (Å²) < 4.78 is 5.98. The van der Waals surface area contributed by atoms with Gasteiger partial charge in [-0.05, 0) is 43.7 Å². The van der Waals surface area contributed by atoms with E-state index >= 15 is 0 Å². The number of hydrogen-bond acceptors (Lipinski definition) is 3. The third-order valence-corrected chi connectivity index (χ3v) is 4.64. The van der Waals surface area contributed by atoms with E-state index in [0.29, 0.717) is 12.2 Å². The van der Waals surface area contributed by atoms with E-state index in [1.165, 1.54) is 24.3 Å². The van der Waals surface area contributed by atoms with Crippen LogP contribution in [-0.4, -0.2) is 30.2 Å². The zero-order valence-electron chi connectivity index (χ0n) is 9.76. The van der Waals surface area contributed by atoms with Gasteiger partial charge >= 0.3 is 0 Å². The summed E-state index contributed by atoms with van der Waals surface area (Å²) in [4.78, 5) is 4.02.